The lowest BCUT2D eigenvalue weighted by molar-refractivity contribution is 0.0528. The number of hydrogen-bond donors (Lipinski definition) is 1. The number of benzene rings is 2. The van der Waals surface area contributed by atoms with Crippen LogP contribution >= 0.6 is 0 Å². The number of fused-ring (bicyclic) bond motifs is 3. The molecule has 25 heavy (non-hydrogen) atoms. The Morgan fingerprint density at radius 2 is 1.84 bits per heavy atom. The average molecular weight is 340 g/mol. The third-order valence-electron chi connectivity index (χ3n) is 3.78. The van der Waals surface area contributed by atoms with Gasteiger partial charge < -0.3 is 10.1 Å². The number of halogens is 1. The molecular formula is C20H21FN2O2. The summed E-state index contributed by atoms with van der Waals surface area (Å²) in [4.78, 5) is 16.4. The topological polar surface area (TPSA) is 51.2 Å². The number of aromatic nitrogens is 1. The van der Waals surface area contributed by atoms with Crippen molar-refractivity contribution in [3.8, 4) is 0 Å². The number of nitrogens with one attached hydrogen (secondary N) is 1. The van der Waals surface area contributed by atoms with E-state index in [2.05, 4.69) is 10.3 Å². The summed E-state index contributed by atoms with van der Waals surface area (Å²) in [7, 11) is 0. The first-order valence-electron chi connectivity index (χ1n) is 8.28. The van der Waals surface area contributed by atoms with Gasteiger partial charge in [0.25, 0.3) is 0 Å². The molecule has 5 heteroatoms. The highest BCUT2D eigenvalue weighted by atomic mass is 19.1. The van der Waals surface area contributed by atoms with Crippen LogP contribution in [0.1, 0.15) is 26.5 Å². The Morgan fingerprint density at radius 3 is 2.60 bits per heavy atom. The zero-order valence-electron chi connectivity index (χ0n) is 14.6. The minimum absolute atomic E-state index is 0.266. The van der Waals surface area contributed by atoms with Crippen LogP contribution < -0.4 is 5.32 Å². The Hall–Kier alpha value is -2.69. The lowest BCUT2D eigenvalue weighted by atomic mass is 10.0. The molecule has 0 bridgehead atoms. The van der Waals surface area contributed by atoms with Gasteiger partial charge in [0.1, 0.15) is 11.4 Å². The highest BCUT2D eigenvalue weighted by Gasteiger charge is 2.16. The fourth-order valence-corrected chi connectivity index (χ4v) is 2.81. The molecule has 3 aromatic rings. The molecule has 1 aromatic heterocycles. The van der Waals surface area contributed by atoms with Crippen molar-refractivity contribution in [2.45, 2.75) is 32.8 Å². The zero-order valence-corrected chi connectivity index (χ0v) is 14.6. The third kappa shape index (κ3) is 3.87. The Bertz CT molecular complexity index is 932. The SMILES string of the molecule is CC(C)(C)OC(=O)NCCc1nc2ccccc2c2c(F)cccc12. The van der Waals surface area contributed by atoms with Crippen LogP contribution in [0.25, 0.3) is 21.7 Å². The second-order valence-corrected chi connectivity index (χ2v) is 6.92. The summed E-state index contributed by atoms with van der Waals surface area (Å²) >= 11 is 0. The van der Waals surface area contributed by atoms with E-state index in [1.807, 2.05) is 51.1 Å². The summed E-state index contributed by atoms with van der Waals surface area (Å²) < 4.78 is 19.6. The van der Waals surface area contributed by atoms with Gasteiger partial charge in [-0.25, -0.2) is 9.18 Å². The summed E-state index contributed by atoms with van der Waals surface area (Å²) in [6, 6.07) is 12.5. The van der Waals surface area contributed by atoms with Gasteiger partial charge in [-0.1, -0.05) is 30.3 Å². The molecule has 3 rings (SSSR count). The van der Waals surface area contributed by atoms with Gasteiger partial charge in [-0.15, -0.1) is 0 Å². The van der Waals surface area contributed by atoms with Gasteiger partial charge in [-0.05, 0) is 32.9 Å². The van der Waals surface area contributed by atoms with E-state index in [0.717, 1.165) is 22.0 Å². The van der Waals surface area contributed by atoms with Crippen molar-refractivity contribution in [3.05, 3.63) is 54.0 Å². The maximum absolute atomic E-state index is 14.4. The molecule has 0 saturated heterocycles. The molecule has 0 spiro atoms. The Morgan fingerprint density at radius 1 is 1.12 bits per heavy atom. The summed E-state index contributed by atoms with van der Waals surface area (Å²) in [5.41, 5.74) is 0.956. The number of nitrogens with zero attached hydrogens (tertiary/aromatic N) is 1. The van der Waals surface area contributed by atoms with Crippen LogP contribution in [0, 0.1) is 5.82 Å². The number of hydrogen-bond acceptors (Lipinski definition) is 3. The van der Waals surface area contributed by atoms with Crippen LogP contribution in [0.4, 0.5) is 9.18 Å². The largest absolute Gasteiger partial charge is 0.444 e. The summed E-state index contributed by atoms with van der Waals surface area (Å²) in [5.74, 6) is -0.266. The van der Waals surface area contributed by atoms with Crippen LogP contribution in [0.5, 0.6) is 0 Å². The molecule has 0 aliphatic rings. The summed E-state index contributed by atoms with van der Waals surface area (Å²) in [6.45, 7) is 5.81. The minimum Gasteiger partial charge on any atom is -0.444 e. The summed E-state index contributed by atoms with van der Waals surface area (Å²) in [5, 5.41) is 4.85. The molecule has 1 heterocycles. The number of alkyl carbamates (subject to hydrolysis) is 1. The van der Waals surface area contributed by atoms with Crippen LogP contribution in [-0.4, -0.2) is 23.2 Å². The predicted molar refractivity (Wildman–Crippen MR) is 97.1 cm³/mol. The average Bonchev–Trinajstić information content (AvgIpc) is 2.53. The highest BCUT2D eigenvalue weighted by Crippen LogP contribution is 2.28. The van der Waals surface area contributed by atoms with E-state index in [9.17, 15) is 9.18 Å². The van der Waals surface area contributed by atoms with Crippen LogP contribution in [-0.2, 0) is 11.2 Å². The lowest BCUT2D eigenvalue weighted by Crippen LogP contribution is -2.33. The van der Waals surface area contributed by atoms with E-state index in [0.29, 0.717) is 18.4 Å². The lowest BCUT2D eigenvalue weighted by Gasteiger charge is -2.19. The Balaban J connectivity index is 1.88. The van der Waals surface area contributed by atoms with Gasteiger partial charge in [-0.2, -0.15) is 0 Å². The fraction of sp³-hybridized carbons (Fsp3) is 0.300. The third-order valence-corrected chi connectivity index (χ3v) is 3.78. The molecule has 2 aromatic carbocycles. The molecule has 1 amide bonds. The second kappa shape index (κ2) is 6.67. The smallest absolute Gasteiger partial charge is 0.407 e. The molecule has 0 saturated carbocycles. The maximum atomic E-state index is 14.4. The van der Waals surface area contributed by atoms with Gasteiger partial charge in [-0.3, -0.25) is 4.98 Å². The monoisotopic (exact) mass is 340 g/mol. The van der Waals surface area contributed by atoms with E-state index >= 15 is 0 Å². The normalized spacial score (nSPS) is 11.7. The molecule has 0 atom stereocenters. The van der Waals surface area contributed by atoms with Crippen LogP contribution in [0.2, 0.25) is 0 Å². The molecular weight excluding hydrogens is 319 g/mol. The standard InChI is InChI=1S/C20H21FN2O2/c1-20(2,3)25-19(24)22-12-11-17-14-8-6-9-15(21)18(14)13-7-4-5-10-16(13)23-17/h4-10H,11-12H2,1-3H3,(H,22,24). The maximum Gasteiger partial charge on any atom is 0.407 e. The Labute approximate surface area is 146 Å². The van der Waals surface area contributed by atoms with Crippen molar-refractivity contribution in [3.63, 3.8) is 0 Å². The van der Waals surface area contributed by atoms with Gasteiger partial charge in [0.05, 0.1) is 11.2 Å². The van der Waals surface area contributed by atoms with Crippen molar-refractivity contribution < 1.29 is 13.9 Å². The van der Waals surface area contributed by atoms with E-state index in [4.69, 9.17) is 4.74 Å². The quantitative estimate of drug-likeness (QED) is 0.709. The van der Waals surface area contributed by atoms with E-state index in [-0.39, 0.29) is 5.82 Å². The van der Waals surface area contributed by atoms with Gasteiger partial charge in [0.15, 0.2) is 0 Å². The number of para-hydroxylation sites is 1. The first-order valence-corrected chi connectivity index (χ1v) is 8.28. The molecule has 0 aliphatic carbocycles. The molecule has 0 aliphatic heterocycles. The van der Waals surface area contributed by atoms with Crippen LogP contribution in [0.15, 0.2) is 42.5 Å². The van der Waals surface area contributed by atoms with Gasteiger partial charge in [0, 0.05) is 29.1 Å². The van der Waals surface area contributed by atoms with Crippen molar-refractivity contribution in [1.82, 2.24) is 10.3 Å². The molecule has 1 N–H and O–H groups in total. The summed E-state index contributed by atoms with van der Waals surface area (Å²) in [6.07, 6.45) is 0.0214. The van der Waals surface area contributed by atoms with Crippen molar-refractivity contribution in [2.24, 2.45) is 0 Å². The zero-order chi connectivity index (χ0) is 18.0. The molecule has 130 valence electrons. The number of ether oxygens (including phenoxy) is 1. The highest BCUT2D eigenvalue weighted by molar-refractivity contribution is 6.06. The van der Waals surface area contributed by atoms with Crippen molar-refractivity contribution >= 4 is 27.8 Å². The van der Waals surface area contributed by atoms with Crippen molar-refractivity contribution in [2.75, 3.05) is 6.54 Å². The van der Waals surface area contributed by atoms with Crippen molar-refractivity contribution in [1.29, 1.82) is 0 Å². The first kappa shape index (κ1) is 17.1. The predicted octanol–water partition coefficient (Wildman–Crippen LogP) is 4.59. The number of rotatable bonds is 3. The van der Waals surface area contributed by atoms with E-state index in [1.165, 1.54) is 6.07 Å². The molecule has 4 nitrogen and oxygen atoms in total. The fourth-order valence-electron chi connectivity index (χ4n) is 2.81. The number of amides is 1. The van der Waals surface area contributed by atoms with E-state index in [1.54, 1.807) is 6.07 Å². The first-order chi connectivity index (χ1) is 11.8. The van der Waals surface area contributed by atoms with Gasteiger partial charge in [0.2, 0.25) is 0 Å². The number of carbonyl (C=O) groups is 1. The molecule has 0 fully saturated rings. The number of carbonyl (C=O) groups excluding carboxylic acids is 1. The number of pyridine rings is 1. The van der Waals surface area contributed by atoms with Crippen LogP contribution in [0.3, 0.4) is 0 Å². The second-order valence-electron chi connectivity index (χ2n) is 6.92. The van der Waals surface area contributed by atoms with Gasteiger partial charge >= 0.3 is 6.09 Å². The van der Waals surface area contributed by atoms with E-state index < -0.39 is 11.7 Å². The minimum atomic E-state index is -0.541. The molecule has 0 radical (unpaired) electrons. The molecule has 0 unspecified atom stereocenters. The Kier molecular flexibility index (Phi) is 4.57.